The molecule has 0 fully saturated rings. The summed E-state index contributed by atoms with van der Waals surface area (Å²) < 4.78 is 10.9. The standard InChI is InChI=1S/C14H21NO2/c1-2-16-8-9-17-12-7-6-11-4-3-5-14(15)13(11)10-12/h6-7,10,14H,2-5,8-9,15H2,1H3. The number of rotatable bonds is 5. The molecule has 2 rings (SSSR count). The highest BCUT2D eigenvalue weighted by molar-refractivity contribution is 5.39. The van der Waals surface area contributed by atoms with E-state index in [9.17, 15) is 0 Å². The SMILES string of the molecule is CCOCCOc1ccc2c(c1)C(N)CCC2. The van der Waals surface area contributed by atoms with Gasteiger partial charge >= 0.3 is 0 Å². The van der Waals surface area contributed by atoms with Crippen molar-refractivity contribution < 1.29 is 9.47 Å². The Bertz CT molecular complexity index is 365. The molecule has 17 heavy (non-hydrogen) atoms. The molecule has 1 aromatic rings. The van der Waals surface area contributed by atoms with Gasteiger partial charge in [0, 0.05) is 12.6 Å². The van der Waals surface area contributed by atoms with Crippen LogP contribution < -0.4 is 10.5 Å². The smallest absolute Gasteiger partial charge is 0.119 e. The predicted molar refractivity (Wildman–Crippen MR) is 68.3 cm³/mol. The fraction of sp³-hybridized carbons (Fsp3) is 0.571. The molecule has 1 aliphatic rings. The van der Waals surface area contributed by atoms with Crippen LogP contribution in [0.5, 0.6) is 5.75 Å². The maximum absolute atomic E-state index is 6.11. The van der Waals surface area contributed by atoms with Gasteiger partial charge in [-0.05, 0) is 49.4 Å². The zero-order valence-electron chi connectivity index (χ0n) is 10.4. The predicted octanol–water partition coefficient (Wildman–Crippen LogP) is 2.44. The second-order valence-corrected chi connectivity index (χ2v) is 4.40. The van der Waals surface area contributed by atoms with Crippen molar-refractivity contribution in [3.05, 3.63) is 29.3 Å². The van der Waals surface area contributed by atoms with Crippen molar-refractivity contribution in [3.63, 3.8) is 0 Å². The second kappa shape index (κ2) is 6.03. The average molecular weight is 235 g/mol. The topological polar surface area (TPSA) is 44.5 Å². The fourth-order valence-electron chi connectivity index (χ4n) is 2.27. The minimum absolute atomic E-state index is 0.175. The quantitative estimate of drug-likeness (QED) is 0.797. The molecule has 1 unspecified atom stereocenters. The minimum atomic E-state index is 0.175. The number of benzene rings is 1. The Kier molecular flexibility index (Phi) is 4.40. The maximum Gasteiger partial charge on any atom is 0.119 e. The third-order valence-corrected chi connectivity index (χ3v) is 3.18. The Hall–Kier alpha value is -1.06. The molecule has 3 heteroatoms. The molecule has 0 saturated carbocycles. The van der Waals surface area contributed by atoms with E-state index in [0.717, 1.165) is 25.2 Å². The summed E-state index contributed by atoms with van der Waals surface area (Å²) in [7, 11) is 0. The van der Waals surface area contributed by atoms with E-state index in [2.05, 4.69) is 12.1 Å². The van der Waals surface area contributed by atoms with E-state index in [1.54, 1.807) is 0 Å². The molecule has 0 heterocycles. The van der Waals surface area contributed by atoms with Crippen LogP contribution in [-0.4, -0.2) is 19.8 Å². The van der Waals surface area contributed by atoms with Gasteiger partial charge in [0.25, 0.3) is 0 Å². The van der Waals surface area contributed by atoms with Crippen molar-refractivity contribution in [2.45, 2.75) is 32.2 Å². The lowest BCUT2D eigenvalue weighted by Gasteiger charge is -2.22. The number of hydrogen-bond donors (Lipinski definition) is 1. The number of hydrogen-bond acceptors (Lipinski definition) is 3. The van der Waals surface area contributed by atoms with Gasteiger partial charge in [0.15, 0.2) is 0 Å². The van der Waals surface area contributed by atoms with E-state index in [4.69, 9.17) is 15.2 Å². The van der Waals surface area contributed by atoms with Gasteiger partial charge < -0.3 is 15.2 Å². The first-order valence-electron chi connectivity index (χ1n) is 6.40. The Balaban J connectivity index is 1.97. The Morgan fingerprint density at radius 3 is 3.06 bits per heavy atom. The molecule has 0 aliphatic heterocycles. The highest BCUT2D eigenvalue weighted by atomic mass is 16.5. The molecule has 1 atom stereocenters. The molecule has 1 aromatic carbocycles. The van der Waals surface area contributed by atoms with E-state index in [1.165, 1.54) is 17.5 Å². The summed E-state index contributed by atoms with van der Waals surface area (Å²) in [4.78, 5) is 0. The van der Waals surface area contributed by atoms with Gasteiger partial charge in [-0.15, -0.1) is 0 Å². The van der Waals surface area contributed by atoms with Crippen molar-refractivity contribution in [1.29, 1.82) is 0 Å². The molecule has 3 nitrogen and oxygen atoms in total. The summed E-state index contributed by atoms with van der Waals surface area (Å²) >= 11 is 0. The third-order valence-electron chi connectivity index (χ3n) is 3.18. The van der Waals surface area contributed by atoms with Crippen LogP contribution in [0.1, 0.15) is 36.9 Å². The lowest BCUT2D eigenvalue weighted by atomic mass is 9.88. The number of fused-ring (bicyclic) bond motifs is 1. The van der Waals surface area contributed by atoms with Gasteiger partial charge in [-0.2, -0.15) is 0 Å². The molecule has 0 saturated heterocycles. The van der Waals surface area contributed by atoms with Crippen molar-refractivity contribution in [3.8, 4) is 5.75 Å². The third kappa shape index (κ3) is 3.20. The molecule has 1 aliphatic carbocycles. The van der Waals surface area contributed by atoms with Crippen LogP contribution in [0.25, 0.3) is 0 Å². The first kappa shape index (κ1) is 12.4. The van der Waals surface area contributed by atoms with Crippen molar-refractivity contribution in [2.24, 2.45) is 5.73 Å². The number of nitrogens with two attached hydrogens (primary N) is 1. The first-order chi connectivity index (χ1) is 8.31. The van der Waals surface area contributed by atoms with Crippen molar-refractivity contribution >= 4 is 0 Å². The van der Waals surface area contributed by atoms with Gasteiger partial charge in [0.05, 0.1) is 6.61 Å². The molecule has 0 bridgehead atoms. The highest BCUT2D eigenvalue weighted by Gasteiger charge is 2.17. The van der Waals surface area contributed by atoms with E-state index in [0.29, 0.717) is 13.2 Å². The Morgan fingerprint density at radius 2 is 2.24 bits per heavy atom. The minimum Gasteiger partial charge on any atom is -0.491 e. The van der Waals surface area contributed by atoms with Gasteiger partial charge in [-0.25, -0.2) is 0 Å². The van der Waals surface area contributed by atoms with E-state index in [1.807, 2.05) is 13.0 Å². The highest BCUT2D eigenvalue weighted by Crippen LogP contribution is 2.30. The normalized spacial score (nSPS) is 18.8. The first-order valence-corrected chi connectivity index (χ1v) is 6.40. The molecule has 2 N–H and O–H groups in total. The lowest BCUT2D eigenvalue weighted by Crippen LogP contribution is -2.17. The van der Waals surface area contributed by atoms with Gasteiger partial charge in [0.2, 0.25) is 0 Å². The molecular formula is C14H21NO2. The van der Waals surface area contributed by atoms with Crippen LogP contribution >= 0.6 is 0 Å². The van der Waals surface area contributed by atoms with Crippen LogP contribution in [-0.2, 0) is 11.2 Å². The zero-order chi connectivity index (χ0) is 12.1. The molecule has 0 radical (unpaired) electrons. The molecule has 0 amide bonds. The lowest BCUT2D eigenvalue weighted by molar-refractivity contribution is 0.110. The van der Waals surface area contributed by atoms with Crippen molar-refractivity contribution in [1.82, 2.24) is 0 Å². The fourth-order valence-corrected chi connectivity index (χ4v) is 2.27. The molecule has 0 spiro atoms. The summed E-state index contributed by atoms with van der Waals surface area (Å²) in [6, 6.07) is 6.44. The Labute approximate surface area is 103 Å². The number of ether oxygens (including phenoxy) is 2. The summed E-state index contributed by atoms with van der Waals surface area (Å²) in [5.74, 6) is 0.904. The molecule has 94 valence electrons. The van der Waals surface area contributed by atoms with Crippen LogP contribution in [0.4, 0.5) is 0 Å². The monoisotopic (exact) mass is 235 g/mol. The Morgan fingerprint density at radius 1 is 1.35 bits per heavy atom. The van der Waals surface area contributed by atoms with E-state index < -0.39 is 0 Å². The zero-order valence-corrected chi connectivity index (χ0v) is 10.4. The van der Waals surface area contributed by atoms with Gasteiger partial charge in [0.1, 0.15) is 12.4 Å². The second-order valence-electron chi connectivity index (χ2n) is 4.40. The van der Waals surface area contributed by atoms with Gasteiger partial charge in [-0.1, -0.05) is 6.07 Å². The summed E-state index contributed by atoms with van der Waals surface area (Å²) in [6.07, 6.45) is 3.41. The van der Waals surface area contributed by atoms with E-state index in [-0.39, 0.29) is 6.04 Å². The summed E-state index contributed by atoms with van der Waals surface area (Å²) in [6.45, 7) is 3.96. The maximum atomic E-state index is 6.11. The van der Waals surface area contributed by atoms with Crippen molar-refractivity contribution in [2.75, 3.05) is 19.8 Å². The van der Waals surface area contributed by atoms with Crippen LogP contribution in [0.15, 0.2) is 18.2 Å². The molecule has 0 aromatic heterocycles. The van der Waals surface area contributed by atoms with Gasteiger partial charge in [-0.3, -0.25) is 0 Å². The molecular weight excluding hydrogens is 214 g/mol. The van der Waals surface area contributed by atoms with Crippen LogP contribution in [0.2, 0.25) is 0 Å². The van der Waals surface area contributed by atoms with E-state index >= 15 is 0 Å². The number of aryl methyl sites for hydroxylation is 1. The van der Waals surface area contributed by atoms with Crippen LogP contribution in [0, 0.1) is 0 Å². The average Bonchev–Trinajstić information content (AvgIpc) is 2.36. The van der Waals surface area contributed by atoms with Crippen LogP contribution in [0.3, 0.4) is 0 Å². The summed E-state index contributed by atoms with van der Waals surface area (Å²) in [5, 5.41) is 0. The summed E-state index contributed by atoms with van der Waals surface area (Å²) in [5.41, 5.74) is 8.74. The largest absolute Gasteiger partial charge is 0.491 e.